The average Bonchev–Trinajstić information content (AvgIpc) is 2.92. The van der Waals surface area contributed by atoms with Crippen molar-refractivity contribution in [2.75, 3.05) is 32.0 Å². The van der Waals surface area contributed by atoms with Crippen molar-refractivity contribution < 1.29 is 4.74 Å². The van der Waals surface area contributed by atoms with Gasteiger partial charge in [0.25, 0.3) is 0 Å². The van der Waals surface area contributed by atoms with Crippen molar-refractivity contribution >= 4 is 16.9 Å². The minimum atomic E-state index is 0.191. The molecule has 0 radical (unpaired) electrons. The molecule has 3 aliphatic rings. The highest BCUT2D eigenvalue weighted by Gasteiger charge is 2.32. The summed E-state index contributed by atoms with van der Waals surface area (Å²) in [6, 6.07) is 0.687. The lowest BCUT2D eigenvalue weighted by atomic mass is 10.1. The third-order valence-corrected chi connectivity index (χ3v) is 5.29. The molecule has 5 heteroatoms. The van der Waals surface area contributed by atoms with Gasteiger partial charge >= 0.3 is 0 Å². The molecule has 0 bridgehead atoms. The predicted molar refractivity (Wildman–Crippen MR) is 76.3 cm³/mol. The second kappa shape index (κ2) is 5.02. The molecule has 3 heterocycles. The molecule has 4 nitrogen and oxygen atoms in total. The van der Waals surface area contributed by atoms with Crippen LogP contribution in [0.4, 0.5) is 0 Å². The van der Waals surface area contributed by atoms with Gasteiger partial charge in [-0.1, -0.05) is 11.8 Å². The van der Waals surface area contributed by atoms with E-state index in [9.17, 15) is 0 Å². The van der Waals surface area contributed by atoms with Gasteiger partial charge in [-0.2, -0.15) is 0 Å². The van der Waals surface area contributed by atoms with E-state index in [1.165, 1.54) is 19.4 Å². The Bertz CT molecular complexity index is 345. The smallest absolute Gasteiger partial charge is 0.157 e. The summed E-state index contributed by atoms with van der Waals surface area (Å²) >= 11 is 1.83. The molecular weight excluding hydrogens is 246 g/mol. The average molecular weight is 269 g/mol. The summed E-state index contributed by atoms with van der Waals surface area (Å²) in [7, 11) is 0. The largest absolute Gasteiger partial charge is 0.373 e. The van der Waals surface area contributed by atoms with Crippen LogP contribution in [0.15, 0.2) is 4.99 Å². The number of morpholine rings is 1. The van der Waals surface area contributed by atoms with Gasteiger partial charge in [0.15, 0.2) is 5.17 Å². The van der Waals surface area contributed by atoms with Gasteiger partial charge in [-0.25, -0.2) is 0 Å². The number of fused-ring (bicyclic) bond motifs is 1. The molecule has 0 amide bonds. The van der Waals surface area contributed by atoms with Crippen LogP contribution < -0.4 is 5.32 Å². The van der Waals surface area contributed by atoms with Gasteiger partial charge < -0.3 is 10.1 Å². The molecule has 0 spiro atoms. The molecule has 1 N–H and O–H groups in total. The first-order chi connectivity index (χ1) is 8.62. The van der Waals surface area contributed by atoms with E-state index in [2.05, 4.69) is 29.1 Å². The van der Waals surface area contributed by atoms with Gasteiger partial charge in [0.1, 0.15) is 0 Å². The van der Waals surface area contributed by atoms with E-state index in [1.54, 1.807) is 0 Å². The second-order valence-electron chi connectivity index (χ2n) is 6.19. The number of nitrogens with zero attached hydrogens (tertiary/aromatic N) is 2. The fraction of sp³-hybridized carbons (Fsp3) is 0.923. The summed E-state index contributed by atoms with van der Waals surface area (Å²) in [5.41, 5.74) is 0.191. The van der Waals surface area contributed by atoms with Crippen LogP contribution in [0.3, 0.4) is 0 Å². The normalized spacial score (nSPS) is 37.8. The second-order valence-corrected chi connectivity index (χ2v) is 7.15. The molecule has 0 saturated carbocycles. The van der Waals surface area contributed by atoms with E-state index < -0.39 is 0 Å². The molecule has 0 aromatic heterocycles. The van der Waals surface area contributed by atoms with Crippen LogP contribution in [0.25, 0.3) is 0 Å². The number of rotatable bonds is 2. The number of aliphatic imine (C=N–C) groups is 1. The number of ether oxygens (including phenoxy) is 1. The Balaban J connectivity index is 1.50. The van der Waals surface area contributed by atoms with Crippen LogP contribution in [-0.4, -0.2) is 59.7 Å². The molecule has 3 rings (SSSR count). The third-order valence-electron chi connectivity index (χ3n) is 3.92. The molecular formula is C13H23N3OS. The van der Waals surface area contributed by atoms with Crippen LogP contribution in [0.1, 0.15) is 26.7 Å². The summed E-state index contributed by atoms with van der Waals surface area (Å²) in [5.74, 6) is 1.10. The predicted octanol–water partition coefficient (Wildman–Crippen LogP) is 1.32. The Morgan fingerprint density at radius 1 is 1.56 bits per heavy atom. The monoisotopic (exact) mass is 269 g/mol. The standard InChI is InChI=1S/C13H23N3OS/c1-13(2)9-18-12(15-13)14-6-11-7-16-5-3-4-10(16)8-17-11/h10-11H,3-9H2,1-2H3,(H,14,15). The summed E-state index contributed by atoms with van der Waals surface area (Å²) in [6.07, 6.45) is 2.94. The van der Waals surface area contributed by atoms with Crippen molar-refractivity contribution in [1.29, 1.82) is 0 Å². The fourth-order valence-electron chi connectivity index (χ4n) is 2.88. The summed E-state index contributed by atoms with van der Waals surface area (Å²) < 4.78 is 5.92. The molecule has 2 unspecified atom stereocenters. The Morgan fingerprint density at radius 3 is 3.22 bits per heavy atom. The van der Waals surface area contributed by atoms with E-state index >= 15 is 0 Å². The highest BCUT2D eigenvalue weighted by Crippen LogP contribution is 2.24. The number of hydrogen-bond donors (Lipinski definition) is 1. The molecule has 3 saturated heterocycles. The molecule has 3 fully saturated rings. The van der Waals surface area contributed by atoms with Crippen LogP contribution >= 0.6 is 11.8 Å². The Labute approximate surface area is 114 Å². The van der Waals surface area contributed by atoms with E-state index in [0.717, 1.165) is 30.6 Å². The minimum absolute atomic E-state index is 0.191. The molecule has 3 aliphatic heterocycles. The zero-order chi connectivity index (χ0) is 12.6. The highest BCUT2D eigenvalue weighted by atomic mass is 32.2. The van der Waals surface area contributed by atoms with Gasteiger partial charge in [-0.15, -0.1) is 0 Å². The Kier molecular flexibility index (Phi) is 3.56. The molecule has 18 heavy (non-hydrogen) atoms. The van der Waals surface area contributed by atoms with Crippen LogP contribution in [0.5, 0.6) is 0 Å². The zero-order valence-electron chi connectivity index (χ0n) is 11.3. The van der Waals surface area contributed by atoms with Crippen LogP contribution in [0.2, 0.25) is 0 Å². The Morgan fingerprint density at radius 2 is 2.44 bits per heavy atom. The topological polar surface area (TPSA) is 36.9 Å². The van der Waals surface area contributed by atoms with E-state index in [0.29, 0.717) is 6.04 Å². The maximum Gasteiger partial charge on any atom is 0.157 e. The van der Waals surface area contributed by atoms with Crippen molar-refractivity contribution in [3.63, 3.8) is 0 Å². The van der Waals surface area contributed by atoms with Gasteiger partial charge in [0.05, 0.1) is 19.3 Å². The molecule has 2 atom stereocenters. The Hall–Kier alpha value is -0.260. The quantitative estimate of drug-likeness (QED) is 0.820. The number of amidine groups is 1. The number of hydrogen-bond acceptors (Lipinski definition) is 4. The minimum Gasteiger partial charge on any atom is -0.373 e. The zero-order valence-corrected chi connectivity index (χ0v) is 12.1. The van der Waals surface area contributed by atoms with Crippen LogP contribution in [-0.2, 0) is 4.74 Å². The van der Waals surface area contributed by atoms with Gasteiger partial charge in [-0.05, 0) is 33.2 Å². The molecule has 0 aromatic carbocycles. The summed E-state index contributed by atoms with van der Waals surface area (Å²) in [6.45, 7) is 8.45. The molecule has 102 valence electrons. The van der Waals surface area contributed by atoms with E-state index in [1.807, 2.05) is 11.8 Å². The maximum absolute atomic E-state index is 5.92. The first-order valence-electron chi connectivity index (χ1n) is 6.93. The highest BCUT2D eigenvalue weighted by molar-refractivity contribution is 8.14. The maximum atomic E-state index is 5.92. The van der Waals surface area contributed by atoms with Crippen molar-refractivity contribution in [1.82, 2.24) is 10.2 Å². The SMILES string of the molecule is CC1(C)CSC(=NCC2CN3CCCC3CO2)N1. The van der Waals surface area contributed by atoms with Gasteiger partial charge in [-0.3, -0.25) is 9.89 Å². The fourth-order valence-corrected chi connectivity index (χ4v) is 3.96. The van der Waals surface area contributed by atoms with E-state index in [-0.39, 0.29) is 11.6 Å². The summed E-state index contributed by atoms with van der Waals surface area (Å²) in [5, 5.41) is 4.55. The van der Waals surface area contributed by atoms with Crippen molar-refractivity contribution in [2.45, 2.75) is 44.4 Å². The number of thioether (sulfide) groups is 1. The van der Waals surface area contributed by atoms with Gasteiger partial charge in [0.2, 0.25) is 0 Å². The van der Waals surface area contributed by atoms with Crippen LogP contribution in [0, 0.1) is 0 Å². The number of nitrogens with one attached hydrogen (secondary N) is 1. The van der Waals surface area contributed by atoms with Gasteiger partial charge in [0, 0.05) is 23.9 Å². The van der Waals surface area contributed by atoms with Crippen molar-refractivity contribution in [3.05, 3.63) is 0 Å². The molecule has 0 aliphatic carbocycles. The molecule has 0 aromatic rings. The lowest BCUT2D eigenvalue weighted by Crippen LogP contribution is -2.47. The first-order valence-corrected chi connectivity index (χ1v) is 7.92. The lowest BCUT2D eigenvalue weighted by Gasteiger charge is -2.34. The third kappa shape index (κ3) is 2.83. The van der Waals surface area contributed by atoms with Crippen molar-refractivity contribution in [2.24, 2.45) is 4.99 Å². The summed E-state index contributed by atoms with van der Waals surface area (Å²) in [4.78, 5) is 7.25. The van der Waals surface area contributed by atoms with Crippen molar-refractivity contribution in [3.8, 4) is 0 Å². The first kappa shape index (κ1) is 12.8. The van der Waals surface area contributed by atoms with E-state index in [4.69, 9.17) is 4.74 Å². The lowest BCUT2D eigenvalue weighted by molar-refractivity contribution is -0.0431.